The van der Waals surface area contributed by atoms with Crippen molar-refractivity contribution >= 4 is 53.7 Å². The minimum absolute atomic E-state index is 0.0474. The Balaban J connectivity index is 1.56. The number of rotatable bonds is 2. The second-order valence-corrected chi connectivity index (χ2v) is 11.2. The van der Waals surface area contributed by atoms with Gasteiger partial charge in [-0.1, -0.05) is 45.0 Å². The van der Waals surface area contributed by atoms with Crippen molar-refractivity contribution < 1.29 is 0 Å². The maximum Gasteiger partial charge on any atom is 0.123 e. The van der Waals surface area contributed by atoms with Crippen LogP contribution in [0.25, 0.3) is 52.8 Å². The van der Waals surface area contributed by atoms with E-state index in [1.165, 1.54) is 42.2 Å². The third-order valence-electron chi connectivity index (χ3n) is 5.97. The van der Waals surface area contributed by atoms with Gasteiger partial charge in [-0.2, -0.15) is 0 Å². The fourth-order valence-corrected chi connectivity index (χ4v) is 6.24. The molecule has 0 fully saturated rings. The molecule has 2 nitrogen and oxygen atoms in total. The molecule has 6 rings (SSSR count). The highest BCUT2D eigenvalue weighted by Crippen LogP contribution is 2.41. The van der Waals surface area contributed by atoms with Crippen LogP contribution in [-0.4, -0.2) is 9.97 Å². The predicted octanol–water partition coefficient (Wildman–Crippen LogP) is 8.69. The molecule has 0 aliphatic carbocycles. The Hall–Kier alpha value is -3.08. The maximum atomic E-state index is 4.85. The number of pyridine rings is 2. The van der Waals surface area contributed by atoms with Crippen molar-refractivity contribution in [3.8, 4) is 21.7 Å². The molecule has 0 atom stereocenters. The summed E-state index contributed by atoms with van der Waals surface area (Å²) in [5.74, 6) is 0. The van der Waals surface area contributed by atoms with Crippen LogP contribution in [-0.2, 0) is 5.41 Å². The molecule has 4 aromatic heterocycles. The van der Waals surface area contributed by atoms with Crippen molar-refractivity contribution in [2.45, 2.75) is 26.2 Å². The largest absolute Gasteiger partial charge is 0.255 e. The molecule has 0 aliphatic heterocycles. The molecule has 2 aromatic carbocycles. The van der Waals surface area contributed by atoms with Crippen molar-refractivity contribution in [2.24, 2.45) is 0 Å². The van der Waals surface area contributed by atoms with Gasteiger partial charge in [-0.15, -0.1) is 22.7 Å². The number of hydrogen-bond donors (Lipinski definition) is 0. The third-order valence-corrected chi connectivity index (χ3v) is 8.01. The fourth-order valence-electron chi connectivity index (χ4n) is 4.37. The van der Waals surface area contributed by atoms with Crippen LogP contribution in [0.2, 0.25) is 0 Å². The van der Waals surface area contributed by atoms with Gasteiger partial charge in [0.1, 0.15) is 4.83 Å². The average molecular weight is 451 g/mol. The van der Waals surface area contributed by atoms with Gasteiger partial charge in [0.15, 0.2) is 0 Å². The van der Waals surface area contributed by atoms with Crippen molar-refractivity contribution in [3.05, 3.63) is 84.0 Å². The minimum atomic E-state index is 0.0474. The highest BCUT2D eigenvalue weighted by Gasteiger charge is 2.20. The minimum Gasteiger partial charge on any atom is -0.255 e. The molecule has 156 valence electrons. The summed E-state index contributed by atoms with van der Waals surface area (Å²) in [4.78, 5) is 11.8. The molecule has 0 N–H and O–H groups in total. The quantitative estimate of drug-likeness (QED) is 0.264. The van der Waals surface area contributed by atoms with Gasteiger partial charge in [-0.05, 0) is 68.9 Å². The van der Waals surface area contributed by atoms with Crippen LogP contribution in [0.1, 0.15) is 26.3 Å². The van der Waals surface area contributed by atoms with E-state index in [4.69, 9.17) is 4.98 Å². The molecule has 0 saturated heterocycles. The molecular weight excluding hydrogens is 428 g/mol. The molecule has 4 heterocycles. The molecule has 0 bridgehead atoms. The van der Waals surface area contributed by atoms with E-state index in [0.717, 1.165) is 16.1 Å². The van der Waals surface area contributed by atoms with Crippen LogP contribution >= 0.6 is 22.7 Å². The number of aromatic nitrogens is 2. The van der Waals surface area contributed by atoms with E-state index >= 15 is 0 Å². The first kappa shape index (κ1) is 19.6. The first-order chi connectivity index (χ1) is 15.5. The normalized spacial score (nSPS) is 12.2. The van der Waals surface area contributed by atoms with E-state index in [9.17, 15) is 0 Å². The number of hydrogen-bond acceptors (Lipinski definition) is 4. The molecule has 0 spiro atoms. The van der Waals surface area contributed by atoms with Gasteiger partial charge in [0.2, 0.25) is 0 Å². The number of fused-ring (bicyclic) bond motifs is 3. The lowest BCUT2D eigenvalue weighted by Gasteiger charge is -2.22. The molecule has 0 saturated carbocycles. The Morgan fingerprint density at radius 2 is 1.62 bits per heavy atom. The number of thiophene rings is 2. The van der Waals surface area contributed by atoms with E-state index in [1.54, 1.807) is 22.7 Å². The zero-order valence-electron chi connectivity index (χ0n) is 18.2. The second-order valence-electron chi connectivity index (χ2n) is 9.22. The topological polar surface area (TPSA) is 25.8 Å². The first-order valence-electron chi connectivity index (χ1n) is 10.7. The number of nitrogens with zero attached hydrogens (tertiary/aromatic N) is 2. The lowest BCUT2D eigenvalue weighted by Crippen LogP contribution is -2.12. The van der Waals surface area contributed by atoms with Gasteiger partial charge in [-0.25, -0.2) is 4.98 Å². The third kappa shape index (κ3) is 3.22. The zero-order chi connectivity index (χ0) is 21.9. The van der Waals surface area contributed by atoms with E-state index in [-0.39, 0.29) is 5.41 Å². The SMILES string of the molecule is CC(C)(C)c1cc(-c2nccc3cc(-c4cnc5sccc5c4)sc23)cc2ccccc12. The van der Waals surface area contributed by atoms with E-state index in [1.807, 2.05) is 12.4 Å². The summed E-state index contributed by atoms with van der Waals surface area (Å²) >= 11 is 3.48. The molecule has 0 unspecified atom stereocenters. The summed E-state index contributed by atoms with van der Waals surface area (Å²) in [6.07, 6.45) is 3.92. The van der Waals surface area contributed by atoms with Crippen molar-refractivity contribution in [1.82, 2.24) is 9.97 Å². The predicted molar refractivity (Wildman–Crippen MR) is 140 cm³/mol. The summed E-state index contributed by atoms with van der Waals surface area (Å²) in [7, 11) is 0. The zero-order valence-corrected chi connectivity index (χ0v) is 19.8. The maximum absolute atomic E-state index is 4.85. The van der Waals surface area contributed by atoms with Crippen molar-refractivity contribution in [1.29, 1.82) is 0 Å². The van der Waals surface area contributed by atoms with Gasteiger partial charge >= 0.3 is 0 Å². The van der Waals surface area contributed by atoms with Crippen LogP contribution in [0, 0.1) is 0 Å². The second kappa shape index (κ2) is 7.22. The summed E-state index contributed by atoms with van der Waals surface area (Å²) in [5, 5.41) is 7.11. The molecule has 0 aliphatic rings. The van der Waals surface area contributed by atoms with Gasteiger partial charge in [0, 0.05) is 33.8 Å². The standard InChI is InChI=1S/C28H22N2S2/c1-28(2,3)23-14-20(12-17-6-4-5-7-22(17)23)25-26-18(8-10-29-25)15-24(32-26)21-13-19-9-11-31-27(19)30-16-21/h4-16H,1-3H3. The molecule has 0 radical (unpaired) electrons. The molecule has 0 amide bonds. The van der Waals surface area contributed by atoms with E-state index in [2.05, 4.69) is 91.8 Å². The summed E-state index contributed by atoms with van der Waals surface area (Å²) in [5.41, 5.74) is 4.80. The fraction of sp³-hybridized carbons (Fsp3) is 0.143. The highest BCUT2D eigenvalue weighted by atomic mass is 32.1. The van der Waals surface area contributed by atoms with Gasteiger partial charge in [-0.3, -0.25) is 4.98 Å². The van der Waals surface area contributed by atoms with Crippen LogP contribution < -0.4 is 0 Å². The molecule has 32 heavy (non-hydrogen) atoms. The van der Waals surface area contributed by atoms with Crippen LogP contribution in [0.15, 0.2) is 78.4 Å². The highest BCUT2D eigenvalue weighted by molar-refractivity contribution is 7.22. The summed E-state index contributed by atoms with van der Waals surface area (Å²) in [6.45, 7) is 6.84. The Morgan fingerprint density at radius 1 is 0.781 bits per heavy atom. The average Bonchev–Trinajstić information content (AvgIpc) is 3.43. The molecule has 4 heteroatoms. The van der Waals surface area contributed by atoms with E-state index < -0.39 is 0 Å². The number of benzene rings is 2. The van der Waals surface area contributed by atoms with E-state index in [0.29, 0.717) is 0 Å². The molecular formula is C28H22N2S2. The monoisotopic (exact) mass is 450 g/mol. The lowest BCUT2D eigenvalue weighted by molar-refractivity contribution is 0.596. The Kier molecular flexibility index (Phi) is 4.42. The van der Waals surface area contributed by atoms with Crippen molar-refractivity contribution in [2.75, 3.05) is 0 Å². The van der Waals surface area contributed by atoms with Crippen molar-refractivity contribution in [3.63, 3.8) is 0 Å². The Labute approximate surface area is 195 Å². The van der Waals surface area contributed by atoms with Crippen LogP contribution in [0.3, 0.4) is 0 Å². The van der Waals surface area contributed by atoms with Crippen LogP contribution in [0.4, 0.5) is 0 Å². The smallest absolute Gasteiger partial charge is 0.123 e. The van der Waals surface area contributed by atoms with Crippen LogP contribution in [0.5, 0.6) is 0 Å². The van der Waals surface area contributed by atoms with Gasteiger partial charge in [0.25, 0.3) is 0 Å². The van der Waals surface area contributed by atoms with Gasteiger partial charge in [0.05, 0.1) is 10.4 Å². The Bertz CT molecular complexity index is 1620. The first-order valence-corrected chi connectivity index (χ1v) is 12.4. The lowest BCUT2D eigenvalue weighted by atomic mass is 9.82. The molecule has 6 aromatic rings. The Morgan fingerprint density at radius 3 is 2.50 bits per heavy atom. The van der Waals surface area contributed by atoms with Gasteiger partial charge < -0.3 is 0 Å². The summed E-state index contributed by atoms with van der Waals surface area (Å²) < 4.78 is 1.23. The summed E-state index contributed by atoms with van der Waals surface area (Å²) in [6, 6.07) is 22.1.